The van der Waals surface area contributed by atoms with E-state index in [1.54, 1.807) is 46.2 Å². The SMILES string of the molecule is Cc1ccc(O)c(CN(CCN(CC(=O)O)Cc2cc(C)ccc2O)CC(=O)O)c1.[H-].[Na+]. The van der Waals surface area contributed by atoms with Gasteiger partial charge in [0.15, 0.2) is 0 Å². The van der Waals surface area contributed by atoms with E-state index in [9.17, 15) is 30.0 Å². The van der Waals surface area contributed by atoms with Crippen molar-refractivity contribution in [1.82, 2.24) is 9.80 Å². The van der Waals surface area contributed by atoms with Gasteiger partial charge in [0.05, 0.1) is 13.1 Å². The number of nitrogens with zero attached hydrogens (tertiary/aromatic N) is 2. The van der Waals surface area contributed by atoms with Crippen LogP contribution in [0.1, 0.15) is 23.7 Å². The van der Waals surface area contributed by atoms with Gasteiger partial charge in [-0.05, 0) is 26.0 Å². The molecule has 31 heavy (non-hydrogen) atoms. The van der Waals surface area contributed by atoms with Crippen LogP contribution in [-0.4, -0.2) is 68.3 Å². The minimum absolute atomic E-state index is 0. The Morgan fingerprint density at radius 1 is 0.774 bits per heavy atom. The second kappa shape index (κ2) is 12.7. The van der Waals surface area contributed by atoms with Crippen molar-refractivity contribution < 1.29 is 61.0 Å². The monoisotopic (exact) mass is 440 g/mol. The van der Waals surface area contributed by atoms with Crippen LogP contribution in [0.15, 0.2) is 36.4 Å². The van der Waals surface area contributed by atoms with Crippen molar-refractivity contribution in [2.75, 3.05) is 26.2 Å². The van der Waals surface area contributed by atoms with Crippen LogP contribution >= 0.6 is 0 Å². The first-order valence-electron chi connectivity index (χ1n) is 9.59. The number of aliphatic carboxylic acids is 2. The number of carbonyl (C=O) groups is 2. The summed E-state index contributed by atoms with van der Waals surface area (Å²) < 4.78 is 0. The van der Waals surface area contributed by atoms with E-state index in [4.69, 9.17) is 0 Å². The second-order valence-corrected chi connectivity index (χ2v) is 7.47. The Morgan fingerprint density at radius 2 is 1.13 bits per heavy atom. The minimum atomic E-state index is -1.01. The van der Waals surface area contributed by atoms with E-state index in [0.29, 0.717) is 11.1 Å². The number of hydrogen-bond donors (Lipinski definition) is 4. The van der Waals surface area contributed by atoms with Gasteiger partial charge in [-0.25, -0.2) is 0 Å². The molecule has 8 nitrogen and oxygen atoms in total. The van der Waals surface area contributed by atoms with Crippen LogP contribution in [-0.2, 0) is 22.7 Å². The number of carboxylic acid groups (broad SMARTS) is 2. The molecule has 0 saturated carbocycles. The molecule has 0 heterocycles. The van der Waals surface area contributed by atoms with Crippen molar-refractivity contribution in [3.8, 4) is 11.5 Å². The third kappa shape index (κ3) is 9.28. The zero-order valence-corrected chi connectivity index (χ0v) is 20.2. The fourth-order valence-corrected chi connectivity index (χ4v) is 3.26. The van der Waals surface area contributed by atoms with Crippen LogP contribution in [0.3, 0.4) is 0 Å². The molecule has 0 amide bonds. The summed E-state index contributed by atoms with van der Waals surface area (Å²) in [5.74, 6) is -1.85. The van der Waals surface area contributed by atoms with Gasteiger partial charge in [0.25, 0.3) is 0 Å². The zero-order chi connectivity index (χ0) is 22.3. The van der Waals surface area contributed by atoms with Crippen LogP contribution in [0, 0.1) is 13.8 Å². The number of phenolic OH excluding ortho intramolecular Hbond substituents is 2. The number of phenols is 2. The molecule has 0 atom stereocenters. The molecule has 0 saturated heterocycles. The molecule has 2 aromatic carbocycles. The summed E-state index contributed by atoms with van der Waals surface area (Å²) in [4.78, 5) is 25.9. The molecule has 0 bridgehead atoms. The van der Waals surface area contributed by atoms with Gasteiger partial charge < -0.3 is 21.9 Å². The maximum Gasteiger partial charge on any atom is 1.00 e. The fraction of sp³-hybridized carbons (Fsp3) is 0.364. The second-order valence-electron chi connectivity index (χ2n) is 7.47. The van der Waals surface area contributed by atoms with Crippen LogP contribution in [0.5, 0.6) is 11.5 Å². The largest absolute Gasteiger partial charge is 1.00 e. The predicted octanol–water partition coefficient (Wildman–Crippen LogP) is -0.695. The average molecular weight is 440 g/mol. The summed E-state index contributed by atoms with van der Waals surface area (Å²) in [7, 11) is 0. The number of aryl methyl sites for hydroxylation is 2. The molecule has 4 N–H and O–H groups in total. The number of aromatic hydroxyl groups is 2. The molecular formula is C22H29N2NaO6. The molecule has 0 aliphatic rings. The number of rotatable bonds is 11. The summed E-state index contributed by atoms with van der Waals surface area (Å²) in [5, 5.41) is 38.7. The van der Waals surface area contributed by atoms with Gasteiger partial charge in [0, 0.05) is 37.3 Å². The maximum absolute atomic E-state index is 11.3. The topological polar surface area (TPSA) is 122 Å². The average Bonchev–Trinajstić information content (AvgIpc) is 2.64. The van der Waals surface area contributed by atoms with Gasteiger partial charge in [-0.15, -0.1) is 0 Å². The van der Waals surface area contributed by atoms with Crippen molar-refractivity contribution in [3.63, 3.8) is 0 Å². The van der Waals surface area contributed by atoms with Crippen LogP contribution in [0.2, 0.25) is 0 Å². The Kier molecular flexibility index (Phi) is 11.0. The normalized spacial score (nSPS) is 10.8. The summed E-state index contributed by atoms with van der Waals surface area (Å²) >= 11 is 0. The first kappa shape index (κ1) is 26.9. The molecule has 0 aliphatic carbocycles. The molecule has 0 unspecified atom stereocenters. The minimum Gasteiger partial charge on any atom is -1.00 e. The van der Waals surface area contributed by atoms with E-state index >= 15 is 0 Å². The third-order valence-electron chi connectivity index (χ3n) is 4.71. The van der Waals surface area contributed by atoms with Crippen molar-refractivity contribution in [3.05, 3.63) is 58.7 Å². The molecular weight excluding hydrogens is 411 g/mol. The summed E-state index contributed by atoms with van der Waals surface area (Å²) in [6, 6.07) is 10.3. The molecule has 2 aromatic rings. The summed E-state index contributed by atoms with van der Waals surface area (Å²) in [6.07, 6.45) is 0. The standard InChI is InChI=1S/C22H28N2O6.Na.H/c1-15-3-5-19(25)17(9-15)11-23(13-21(27)28)7-8-24(14-22(29)30)12-18-10-16(2)4-6-20(18)26;;/h3-6,9-10,25-26H,7-8,11-14H2,1-2H3,(H,27,28)(H,29,30);;/q;+1;-1. The van der Waals surface area contributed by atoms with E-state index in [0.717, 1.165) is 11.1 Å². The van der Waals surface area contributed by atoms with Crippen LogP contribution in [0.4, 0.5) is 0 Å². The summed E-state index contributed by atoms with van der Waals surface area (Å²) in [5.41, 5.74) is 3.11. The Hall–Kier alpha value is -2.10. The molecule has 0 aliphatic heterocycles. The van der Waals surface area contributed by atoms with Gasteiger partial charge in [-0.2, -0.15) is 0 Å². The number of carboxylic acids is 2. The number of hydrogen-bond acceptors (Lipinski definition) is 6. The van der Waals surface area contributed by atoms with Gasteiger partial charge >= 0.3 is 41.5 Å². The molecule has 164 valence electrons. The first-order valence-corrected chi connectivity index (χ1v) is 9.59. The Balaban J connectivity index is 0.00000480. The molecule has 0 spiro atoms. The summed E-state index contributed by atoms with van der Waals surface area (Å²) in [6.45, 7) is 4.26. The Labute approximate surface area is 205 Å². The van der Waals surface area contributed by atoms with Gasteiger partial charge in [0.1, 0.15) is 11.5 Å². The molecule has 0 fully saturated rings. The van der Waals surface area contributed by atoms with Crippen molar-refractivity contribution in [1.29, 1.82) is 0 Å². The third-order valence-corrected chi connectivity index (χ3v) is 4.71. The van der Waals surface area contributed by atoms with E-state index in [1.807, 2.05) is 13.8 Å². The van der Waals surface area contributed by atoms with Gasteiger partial charge in [-0.3, -0.25) is 19.4 Å². The maximum atomic E-state index is 11.3. The molecule has 9 heteroatoms. The van der Waals surface area contributed by atoms with Gasteiger partial charge in [0.2, 0.25) is 0 Å². The fourth-order valence-electron chi connectivity index (χ4n) is 3.26. The van der Waals surface area contributed by atoms with E-state index in [-0.39, 0.29) is 81.8 Å². The van der Waals surface area contributed by atoms with E-state index in [1.165, 1.54) is 0 Å². The Bertz CT molecular complexity index is 838. The first-order chi connectivity index (χ1) is 14.1. The predicted molar refractivity (Wildman–Crippen MR) is 113 cm³/mol. The smallest absolute Gasteiger partial charge is 1.00 e. The van der Waals surface area contributed by atoms with Crippen molar-refractivity contribution >= 4 is 11.9 Å². The van der Waals surface area contributed by atoms with E-state index in [2.05, 4.69) is 0 Å². The Morgan fingerprint density at radius 3 is 1.45 bits per heavy atom. The quantitative estimate of drug-likeness (QED) is 0.339. The molecule has 0 radical (unpaired) electrons. The zero-order valence-electron chi connectivity index (χ0n) is 19.2. The molecule has 2 rings (SSSR count). The van der Waals surface area contributed by atoms with Crippen molar-refractivity contribution in [2.45, 2.75) is 26.9 Å². The van der Waals surface area contributed by atoms with Gasteiger partial charge in [-0.1, -0.05) is 35.4 Å². The van der Waals surface area contributed by atoms with Crippen molar-refractivity contribution in [2.24, 2.45) is 0 Å². The van der Waals surface area contributed by atoms with Crippen LogP contribution in [0.25, 0.3) is 0 Å². The van der Waals surface area contributed by atoms with Crippen LogP contribution < -0.4 is 29.6 Å². The molecule has 0 aromatic heterocycles. The van der Waals surface area contributed by atoms with E-state index < -0.39 is 11.9 Å². The number of benzene rings is 2.